The number of anilines is 6. The first-order valence-electron chi connectivity index (χ1n) is 21.6. The number of carboxylic acids is 1. The molecule has 0 saturated heterocycles. The maximum atomic E-state index is 11.5. The number of alkyl halides is 3. The van der Waals surface area contributed by atoms with E-state index in [2.05, 4.69) is 44.2 Å². The summed E-state index contributed by atoms with van der Waals surface area (Å²) in [4.78, 5) is 58.4. The third-order valence-corrected chi connectivity index (χ3v) is 11.5. The molecule has 79 heavy (non-hydrogen) atoms. The molecule has 9 rings (SSSR count). The molecule has 0 saturated carbocycles. The molecule has 4 aliphatic rings. The number of aryl methyl sites for hydroxylation is 5. The van der Waals surface area contributed by atoms with E-state index in [9.17, 15) is 74.1 Å². The zero-order valence-corrected chi connectivity index (χ0v) is 57.3. The number of nitro benzene ring substituents is 4. The number of hydrogen-bond donors (Lipinski definition) is 8. The molecular weight excluding hydrogens is 1430 g/mol. The van der Waals surface area contributed by atoms with Crippen LogP contribution in [0.25, 0.3) is 0 Å². The monoisotopic (exact) mass is 1480 g/mol. The summed E-state index contributed by atoms with van der Waals surface area (Å²) < 4.78 is 31.7. The maximum Gasteiger partial charge on any atom is 0.490 e. The Kier molecular flexibility index (Phi) is 29.1. The van der Waals surface area contributed by atoms with Gasteiger partial charge in [-0.15, -0.1) is 58.1 Å². The molecule has 0 fully saturated rings. The number of aliphatic carboxylic acids is 1. The Morgan fingerprint density at radius 3 is 1.05 bits per heavy atom. The van der Waals surface area contributed by atoms with Crippen molar-refractivity contribution in [2.45, 2.75) is 87.2 Å². The number of carboxylic acid groups (broad SMARTS) is 1. The topological polar surface area (TPSA) is 376 Å². The summed E-state index contributed by atoms with van der Waals surface area (Å²) >= 11 is 0. The zero-order chi connectivity index (χ0) is 55.7. The third kappa shape index (κ3) is 16.3. The van der Waals surface area contributed by atoms with Crippen LogP contribution in [0.15, 0.2) is 6.07 Å². The van der Waals surface area contributed by atoms with Crippen LogP contribution in [0.4, 0.5) is 70.0 Å². The van der Waals surface area contributed by atoms with Gasteiger partial charge in [-0.2, -0.15) is 13.2 Å². The molecule has 4 heterocycles. The first-order chi connectivity index (χ1) is 34.4. The second-order valence-corrected chi connectivity index (χ2v) is 16.9. The predicted octanol–water partition coefficient (Wildman–Crippen LogP) is 7.56. The van der Waals surface area contributed by atoms with E-state index in [0.717, 1.165) is 22.9 Å². The molecule has 0 aliphatic carbocycles. The van der Waals surface area contributed by atoms with E-state index in [1.54, 1.807) is 37.5 Å². The molecule has 0 amide bonds. The number of benzene rings is 5. The number of hydrogen-bond acceptors (Lipinski definition) is 20. The average molecular weight is 1480 g/mol. The van der Waals surface area contributed by atoms with E-state index in [1.165, 1.54) is 6.42 Å². The van der Waals surface area contributed by atoms with Crippen LogP contribution in [0.1, 0.15) is 70.3 Å². The van der Waals surface area contributed by atoms with E-state index in [1.807, 2.05) is 16.7 Å². The summed E-state index contributed by atoms with van der Waals surface area (Å²) in [6.45, 7) is 14.5. The van der Waals surface area contributed by atoms with Gasteiger partial charge in [0.1, 0.15) is 0 Å². The van der Waals surface area contributed by atoms with Crippen LogP contribution < -0.4 is 31.1 Å². The SMILES string of the molecule is CCC.Cc1[c-]c(O)c(N)c2c1N1Cc3c(c(C)[c-]c(O)c3[N+](=O)[O-])N(C2)C1.Cc1[c-]c(O)c([N+](=O)[O-])c2c1N1Cc3c(c(C)[c-]c(O)c3[N+](=O)[O-])N(C2)C1.Cc1[c-]c(O)c([N+](=O)[O-])cc1N.O=C(O)C(F)(F)F.[Y].[Y].[Y].[Y].[Y]. The predicted molar refractivity (Wildman–Crippen MR) is 258 cm³/mol. The second kappa shape index (κ2) is 30.5. The Hall–Kier alpha value is -3.72. The fourth-order valence-electron chi connectivity index (χ4n) is 8.80. The van der Waals surface area contributed by atoms with Gasteiger partial charge in [0.2, 0.25) is 22.7 Å². The molecule has 0 spiro atoms. The van der Waals surface area contributed by atoms with Crippen LogP contribution in [0.2, 0.25) is 0 Å². The molecule has 0 aromatic heterocycles. The number of nitrogens with zero attached hydrogens (tertiary/aromatic N) is 8. The molecule has 10 N–H and O–H groups in total. The van der Waals surface area contributed by atoms with Crippen LogP contribution in [0.5, 0.6) is 28.7 Å². The van der Waals surface area contributed by atoms with E-state index >= 15 is 0 Å². The number of nitrogens with two attached hydrogens (primary N) is 2. The van der Waals surface area contributed by atoms with Crippen LogP contribution in [-0.2, 0) is 195 Å². The Balaban J connectivity index is 0.00000108. The number of aromatic hydroxyl groups is 5. The second-order valence-electron chi connectivity index (χ2n) is 16.9. The third-order valence-electron chi connectivity index (χ3n) is 11.5. The maximum absolute atomic E-state index is 11.5. The van der Waals surface area contributed by atoms with Gasteiger partial charge in [0, 0.05) is 215 Å². The minimum absolute atomic E-state index is 0. The van der Waals surface area contributed by atoms with Gasteiger partial charge in [-0.05, 0) is 22.4 Å². The largest absolute Gasteiger partial charge is 0.532 e. The van der Waals surface area contributed by atoms with Gasteiger partial charge in [0.15, 0.2) is 0 Å². The standard InChI is InChI=1S/C17H14N4O6.C17H16N4O4.C7H7N2O3.C3H8.C2HF3O2.5Y/c1-8-3-12(22)16(20(24)25)10-5-19-7-18(14(8)10)6-11-15(19)9(2)4-13(23)17(11)21(26)27;1-8-3-12(22)14(18)10-5-19-7-20(15(8)10)6-11-16(19)9(2)4-13(23)17(11)21(24)25;1-4-2-7(10)6(9(11)12)3-5(4)8;1-3-2;3-2(4,5)1(6)7;;;;;/h22-23H,5-7H2,1-2H3;22-23H,5-7,18H2,1-2H3;3,10H,8H2,1H3;3H2,1-2H3;(H,6,7);;;;;/q2*-2;-1;;;;;;;. The van der Waals surface area contributed by atoms with Crippen molar-refractivity contribution >= 4 is 62.8 Å². The number of nitro groups is 4. The summed E-state index contributed by atoms with van der Waals surface area (Å²) in [5.74, 6) is -4.83. The summed E-state index contributed by atoms with van der Waals surface area (Å²) in [5.41, 5.74) is 17.8. The van der Waals surface area contributed by atoms with Crippen molar-refractivity contribution in [3.8, 4) is 28.7 Å². The van der Waals surface area contributed by atoms with E-state index < -0.39 is 71.9 Å². The van der Waals surface area contributed by atoms with Crippen molar-refractivity contribution < 1.29 is 232 Å². The minimum Gasteiger partial charge on any atom is -0.532 e. The molecule has 4 bridgehead atoms. The van der Waals surface area contributed by atoms with Crippen molar-refractivity contribution in [2.24, 2.45) is 0 Å². The summed E-state index contributed by atoms with van der Waals surface area (Å²) in [6.07, 6.45) is -3.83. The smallest absolute Gasteiger partial charge is 0.490 e. The molecular formula is C46H46F3N10O15Y5-5. The van der Waals surface area contributed by atoms with Crippen LogP contribution >= 0.6 is 0 Å². The number of halogens is 3. The molecule has 0 unspecified atom stereocenters. The van der Waals surface area contributed by atoms with Gasteiger partial charge in [-0.25, -0.2) is 4.79 Å². The summed E-state index contributed by atoms with van der Waals surface area (Å²) in [6, 6.07) is 14.2. The molecule has 0 atom stereocenters. The van der Waals surface area contributed by atoms with Crippen LogP contribution in [-0.4, -0.2) is 75.8 Å². The van der Waals surface area contributed by atoms with Crippen LogP contribution in [0, 0.1) is 105 Å². The van der Waals surface area contributed by atoms with E-state index in [4.69, 9.17) is 26.5 Å². The van der Waals surface area contributed by atoms with Crippen molar-refractivity contribution in [3.05, 3.63) is 127 Å². The van der Waals surface area contributed by atoms with E-state index in [0.29, 0.717) is 75.9 Å². The minimum atomic E-state index is -5.08. The van der Waals surface area contributed by atoms with Crippen molar-refractivity contribution in [3.63, 3.8) is 0 Å². The molecule has 5 aromatic carbocycles. The molecule has 5 aromatic rings. The Bertz CT molecular complexity index is 3080. The number of phenolic OH excluding ortho intramolecular Hbond substituents is 5. The molecule has 5 radical (unpaired) electrons. The molecule has 4 aliphatic heterocycles. The Morgan fingerprint density at radius 2 is 0.785 bits per heavy atom. The van der Waals surface area contributed by atoms with Gasteiger partial charge < -0.3 is 61.7 Å². The summed E-state index contributed by atoms with van der Waals surface area (Å²) in [5, 5.41) is 101. The quantitative estimate of drug-likeness (QED) is 0.0215. The Labute approximate surface area is 574 Å². The van der Waals surface area contributed by atoms with E-state index in [-0.39, 0.29) is 206 Å². The Morgan fingerprint density at radius 1 is 0.532 bits per heavy atom. The van der Waals surface area contributed by atoms with Gasteiger partial charge in [-0.1, -0.05) is 95.0 Å². The number of fused-ring (bicyclic) bond motifs is 12. The number of carbonyl (C=O) groups is 1. The molecule has 411 valence electrons. The van der Waals surface area contributed by atoms with Crippen molar-refractivity contribution in [1.29, 1.82) is 0 Å². The summed E-state index contributed by atoms with van der Waals surface area (Å²) in [7, 11) is 0. The first kappa shape index (κ1) is 75.3. The fraction of sp³-hybridized carbons (Fsp3) is 0.326. The molecule has 25 nitrogen and oxygen atoms in total. The number of rotatable bonds is 4. The van der Waals surface area contributed by atoms with Gasteiger partial charge in [0.25, 0.3) is 0 Å². The van der Waals surface area contributed by atoms with Gasteiger partial charge in [-0.3, -0.25) is 40.5 Å². The van der Waals surface area contributed by atoms with Gasteiger partial charge in [0.05, 0.1) is 36.3 Å². The first-order valence-corrected chi connectivity index (χ1v) is 21.6. The molecule has 33 heteroatoms. The van der Waals surface area contributed by atoms with Crippen LogP contribution in [0.3, 0.4) is 0 Å². The average Bonchev–Trinajstić information content (AvgIpc) is 3.26. The van der Waals surface area contributed by atoms with Crippen molar-refractivity contribution in [2.75, 3.05) is 44.4 Å². The number of phenols is 5. The normalized spacial score (nSPS) is 12.4. The van der Waals surface area contributed by atoms with Crippen molar-refractivity contribution in [1.82, 2.24) is 0 Å². The number of nitrogen functional groups attached to an aromatic ring is 2. The fourth-order valence-corrected chi connectivity index (χ4v) is 8.80. The van der Waals surface area contributed by atoms with Gasteiger partial charge >= 0.3 is 12.1 Å². The zero-order valence-electron chi connectivity index (χ0n) is 43.1.